The van der Waals surface area contributed by atoms with Gasteiger partial charge in [-0.1, -0.05) is 0 Å². The molecular formula is C6H6N2O2S. The van der Waals surface area contributed by atoms with Crippen molar-refractivity contribution in [1.82, 2.24) is 4.98 Å². The molecule has 0 saturated carbocycles. The molecule has 1 aromatic rings. The van der Waals surface area contributed by atoms with Crippen molar-refractivity contribution in [2.75, 3.05) is 5.32 Å². The van der Waals surface area contributed by atoms with E-state index in [0.717, 1.165) is 4.88 Å². The van der Waals surface area contributed by atoms with Gasteiger partial charge in [0, 0.05) is 11.1 Å². The van der Waals surface area contributed by atoms with Crippen molar-refractivity contribution in [2.45, 2.75) is 6.92 Å². The third kappa shape index (κ3) is 2.12. The standard InChI is InChI=1S/C6H6N2O2S/c1-4-2-7-6(11-4)8-5(10)3-9/h2-3H,1H3,(H,7,8,10). The van der Waals surface area contributed by atoms with E-state index in [4.69, 9.17) is 0 Å². The molecule has 0 aliphatic rings. The summed E-state index contributed by atoms with van der Waals surface area (Å²) in [6.45, 7) is 1.87. The van der Waals surface area contributed by atoms with Crippen molar-refractivity contribution in [3.63, 3.8) is 0 Å². The first-order valence-corrected chi connectivity index (χ1v) is 3.72. The molecule has 11 heavy (non-hydrogen) atoms. The van der Waals surface area contributed by atoms with Crippen LogP contribution < -0.4 is 5.32 Å². The molecule has 4 nitrogen and oxygen atoms in total. The summed E-state index contributed by atoms with van der Waals surface area (Å²) in [4.78, 5) is 25.2. The molecule has 1 amide bonds. The van der Waals surface area contributed by atoms with E-state index in [2.05, 4.69) is 10.3 Å². The highest BCUT2D eigenvalue weighted by molar-refractivity contribution is 7.15. The number of anilines is 1. The largest absolute Gasteiger partial charge is 0.296 e. The van der Waals surface area contributed by atoms with Gasteiger partial charge in [-0.3, -0.25) is 14.9 Å². The van der Waals surface area contributed by atoms with Gasteiger partial charge in [-0.25, -0.2) is 4.98 Å². The molecule has 1 heterocycles. The number of hydrogen-bond acceptors (Lipinski definition) is 4. The van der Waals surface area contributed by atoms with E-state index in [1.807, 2.05) is 6.92 Å². The molecular weight excluding hydrogens is 164 g/mol. The zero-order valence-corrected chi connectivity index (χ0v) is 6.64. The number of nitrogens with one attached hydrogen (secondary N) is 1. The van der Waals surface area contributed by atoms with E-state index in [0.29, 0.717) is 5.13 Å². The van der Waals surface area contributed by atoms with Crippen LogP contribution in [0, 0.1) is 6.92 Å². The van der Waals surface area contributed by atoms with E-state index in [-0.39, 0.29) is 6.29 Å². The number of aldehydes is 1. The molecule has 0 spiro atoms. The zero-order valence-electron chi connectivity index (χ0n) is 5.83. The lowest BCUT2D eigenvalue weighted by Gasteiger charge is -1.90. The van der Waals surface area contributed by atoms with E-state index in [9.17, 15) is 9.59 Å². The summed E-state index contributed by atoms with van der Waals surface area (Å²) >= 11 is 1.33. The molecule has 0 unspecified atom stereocenters. The number of aromatic nitrogens is 1. The van der Waals surface area contributed by atoms with Crippen LogP contribution in [0.5, 0.6) is 0 Å². The van der Waals surface area contributed by atoms with Crippen LogP contribution in [0.1, 0.15) is 4.88 Å². The summed E-state index contributed by atoms with van der Waals surface area (Å²) in [5, 5.41) is 2.77. The second-order valence-corrected chi connectivity index (χ2v) is 3.12. The summed E-state index contributed by atoms with van der Waals surface area (Å²) in [5.41, 5.74) is 0. The molecule has 1 aromatic heterocycles. The highest BCUT2D eigenvalue weighted by atomic mass is 32.1. The van der Waals surface area contributed by atoms with Crippen molar-refractivity contribution in [3.05, 3.63) is 11.1 Å². The number of carbonyl (C=O) groups is 2. The molecule has 0 bridgehead atoms. The van der Waals surface area contributed by atoms with Gasteiger partial charge in [-0.15, -0.1) is 11.3 Å². The number of aryl methyl sites for hydroxylation is 1. The topological polar surface area (TPSA) is 59.1 Å². The van der Waals surface area contributed by atoms with Crippen LogP contribution >= 0.6 is 11.3 Å². The van der Waals surface area contributed by atoms with E-state index in [1.54, 1.807) is 6.20 Å². The first-order valence-electron chi connectivity index (χ1n) is 2.91. The lowest BCUT2D eigenvalue weighted by molar-refractivity contribution is -0.127. The van der Waals surface area contributed by atoms with Gasteiger partial charge in [-0.05, 0) is 6.92 Å². The fourth-order valence-electron chi connectivity index (χ4n) is 0.547. The molecule has 0 aliphatic carbocycles. The van der Waals surface area contributed by atoms with Gasteiger partial charge >= 0.3 is 0 Å². The number of rotatable bonds is 2. The van der Waals surface area contributed by atoms with E-state index < -0.39 is 5.91 Å². The Morgan fingerprint density at radius 1 is 1.82 bits per heavy atom. The summed E-state index contributed by atoms with van der Waals surface area (Å²) in [6, 6.07) is 0. The molecule has 0 aliphatic heterocycles. The Balaban J connectivity index is 2.64. The van der Waals surface area contributed by atoms with Crippen molar-refractivity contribution in [3.8, 4) is 0 Å². The number of amides is 1. The summed E-state index contributed by atoms with van der Waals surface area (Å²) in [7, 11) is 0. The van der Waals surface area contributed by atoms with Crippen LogP contribution in [0.2, 0.25) is 0 Å². The third-order valence-corrected chi connectivity index (χ3v) is 1.79. The first-order chi connectivity index (χ1) is 5.22. The number of carbonyl (C=O) groups excluding carboxylic acids is 2. The summed E-state index contributed by atoms with van der Waals surface area (Å²) < 4.78 is 0. The Morgan fingerprint density at radius 3 is 3.00 bits per heavy atom. The van der Waals surface area contributed by atoms with Gasteiger partial charge in [0.05, 0.1) is 0 Å². The van der Waals surface area contributed by atoms with Crippen LogP contribution in [-0.2, 0) is 9.59 Å². The highest BCUT2D eigenvalue weighted by Crippen LogP contribution is 2.15. The van der Waals surface area contributed by atoms with E-state index >= 15 is 0 Å². The minimum Gasteiger partial charge on any atom is -0.296 e. The van der Waals surface area contributed by atoms with Crippen molar-refractivity contribution >= 4 is 28.7 Å². The fourth-order valence-corrected chi connectivity index (χ4v) is 1.21. The summed E-state index contributed by atoms with van der Waals surface area (Å²) in [5.74, 6) is -0.667. The lowest BCUT2D eigenvalue weighted by atomic mass is 10.6. The Bertz CT molecular complexity index is 282. The average molecular weight is 170 g/mol. The summed E-state index contributed by atoms with van der Waals surface area (Å²) in [6.07, 6.45) is 1.85. The molecule has 0 atom stereocenters. The van der Waals surface area contributed by atoms with E-state index in [1.165, 1.54) is 11.3 Å². The van der Waals surface area contributed by atoms with Crippen LogP contribution in [0.3, 0.4) is 0 Å². The van der Waals surface area contributed by atoms with Crippen LogP contribution in [0.4, 0.5) is 5.13 Å². The first kappa shape index (κ1) is 7.87. The molecule has 1 N–H and O–H groups in total. The average Bonchev–Trinajstić information content (AvgIpc) is 2.35. The SMILES string of the molecule is Cc1cnc(NC(=O)C=O)s1. The third-order valence-electron chi connectivity index (χ3n) is 0.958. The Kier molecular flexibility index (Phi) is 2.32. The van der Waals surface area contributed by atoms with Gasteiger partial charge in [0.25, 0.3) is 5.91 Å². The zero-order chi connectivity index (χ0) is 8.27. The van der Waals surface area contributed by atoms with Gasteiger partial charge in [0.2, 0.25) is 6.29 Å². The highest BCUT2D eigenvalue weighted by Gasteiger charge is 2.01. The minimum atomic E-state index is -0.667. The molecule has 0 saturated heterocycles. The van der Waals surface area contributed by atoms with Crippen LogP contribution in [0.25, 0.3) is 0 Å². The van der Waals surface area contributed by atoms with Crippen molar-refractivity contribution in [1.29, 1.82) is 0 Å². The van der Waals surface area contributed by atoms with Crippen molar-refractivity contribution < 1.29 is 9.59 Å². The molecule has 5 heteroatoms. The van der Waals surface area contributed by atoms with Crippen LogP contribution in [-0.4, -0.2) is 17.2 Å². The second kappa shape index (κ2) is 3.25. The normalized spacial score (nSPS) is 9.18. The smallest absolute Gasteiger partial charge is 0.290 e. The Morgan fingerprint density at radius 2 is 2.55 bits per heavy atom. The molecule has 0 aromatic carbocycles. The van der Waals surface area contributed by atoms with Crippen molar-refractivity contribution in [2.24, 2.45) is 0 Å². The quantitative estimate of drug-likeness (QED) is 0.522. The molecule has 1 rings (SSSR count). The van der Waals surface area contributed by atoms with Gasteiger partial charge in [0.1, 0.15) is 0 Å². The number of nitrogens with zero attached hydrogens (tertiary/aromatic N) is 1. The maximum atomic E-state index is 10.5. The Labute approximate surface area is 67.3 Å². The predicted octanol–water partition coefficient (Wildman–Crippen LogP) is 0.589. The van der Waals surface area contributed by atoms with Gasteiger partial charge in [-0.2, -0.15) is 0 Å². The predicted molar refractivity (Wildman–Crippen MR) is 41.5 cm³/mol. The maximum absolute atomic E-state index is 10.5. The lowest BCUT2D eigenvalue weighted by Crippen LogP contribution is -2.11. The number of hydrogen-bond donors (Lipinski definition) is 1. The fraction of sp³-hybridized carbons (Fsp3) is 0.167. The molecule has 0 fully saturated rings. The molecule has 0 radical (unpaired) electrons. The second-order valence-electron chi connectivity index (χ2n) is 1.88. The van der Waals surface area contributed by atoms with Crippen LogP contribution in [0.15, 0.2) is 6.20 Å². The monoisotopic (exact) mass is 170 g/mol. The molecule has 58 valence electrons. The maximum Gasteiger partial charge on any atom is 0.290 e. The number of thiazole rings is 1. The van der Waals surface area contributed by atoms with Gasteiger partial charge < -0.3 is 0 Å². The Hall–Kier alpha value is -1.23. The minimum absolute atomic E-state index is 0.219. The van der Waals surface area contributed by atoms with Gasteiger partial charge in [0.15, 0.2) is 5.13 Å².